The van der Waals surface area contributed by atoms with E-state index in [2.05, 4.69) is 20.0 Å². The molecule has 2 rings (SSSR count). The van der Waals surface area contributed by atoms with Crippen molar-refractivity contribution >= 4 is 23.5 Å². The molecule has 2 aromatic heterocycles. The van der Waals surface area contributed by atoms with E-state index in [1.165, 1.54) is 24.9 Å². The highest BCUT2D eigenvalue weighted by Gasteiger charge is 2.24. The number of imidazole rings is 2. The minimum absolute atomic E-state index is 0.0449. The van der Waals surface area contributed by atoms with Crippen LogP contribution in [-0.4, -0.2) is 43.0 Å². The monoisotopic (exact) mass is 322 g/mol. The Morgan fingerprint density at radius 3 is 2.57 bits per heavy atom. The van der Waals surface area contributed by atoms with Crippen LogP contribution >= 0.6 is 0 Å². The number of hydrogen-bond donors (Lipinski definition) is 1. The van der Waals surface area contributed by atoms with E-state index in [0.717, 1.165) is 6.20 Å². The number of carbonyl (C=O) groups excluding carboxylic acids is 2. The number of nitrogens with one attached hydrogen (secondary N) is 1. The summed E-state index contributed by atoms with van der Waals surface area (Å²) in [5, 5.41) is 13.1. The second-order valence-electron chi connectivity index (χ2n) is 4.65. The summed E-state index contributed by atoms with van der Waals surface area (Å²) in [5.41, 5.74) is 0. The van der Waals surface area contributed by atoms with Crippen molar-refractivity contribution in [1.82, 2.24) is 19.1 Å². The van der Waals surface area contributed by atoms with Gasteiger partial charge in [-0.1, -0.05) is 0 Å². The average molecular weight is 322 g/mol. The molecule has 0 radical (unpaired) electrons. The quantitative estimate of drug-likeness (QED) is 0.466. The number of carbonyl (C=O) groups is 2. The van der Waals surface area contributed by atoms with E-state index in [1.54, 1.807) is 11.6 Å². The molecule has 23 heavy (non-hydrogen) atoms. The molecule has 11 heteroatoms. The van der Waals surface area contributed by atoms with Crippen molar-refractivity contribution in [2.24, 2.45) is 14.1 Å². The maximum atomic E-state index is 12.1. The first-order valence-corrected chi connectivity index (χ1v) is 6.40. The van der Waals surface area contributed by atoms with Crippen LogP contribution in [0.2, 0.25) is 0 Å². The molecule has 0 saturated heterocycles. The Labute approximate surface area is 130 Å². The Morgan fingerprint density at radius 2 is 2.00 bits per heavy atom. The Morgan fingerprint density at radius 1 is 1.30 bits per heavy atom. The van der Waals surface area contributed by atoms with Gasteiger partial charge in [0.05, 0.1) is 7.11 Å². The third-order valence-corrected chi connectivity index (χ3v) is 3.00. The van der Waals surface area contributed by atoms with Crippen LogP contribution in [0.25, 0.3) is 0 Å². The number of nitro groups is 1. The molecule has 11 nitrogen and oxygen atoms in total. The zero-order chi connectivity index (χ0) is 17.1. The summed E-state index contributed by atoms with van der Waals surface area (Å²) < 4.78 is 7.36. The lowest BCUT2D eigenvalue weighted by Crippen LogP contribution is -2.17. The molecule has 0 saturated carbocycles. The fraction of sp³-hybridized carbons (Fsp3) is 0.333. The number of methoxy groups -OCH3 is 1. The van der Waals surface area contributed by atoms with Gasteiger partial charge in [-0.05, 0) is 9.91 Å². The number of ether oxygens (including phenoxy) is 1. The van der Waals surface area contributed by atoms with Gasteiger partial charge in [-0.3, -0.25) is 9.59 Å². The summed E-state index contributed by atoms with van der Waals surface area (Å²) >= 11 is 0. The van der Waals surface area contributed by atoms with Crippen LogP contribution in [0.15, 0.2) is 12.4 Å². The number of esters is 1. The first kappa shape index (κ1) is 16.1. The fourth-order valence-electron chi connectivity index (χ4n) is 1.85. The summed E-state index contributed by atoms with van der Waals surface area (Å²) in [4.78, 5) is 41.1. The second kappa shape index (κ2) is 6.25. The van der Waals surface area contributed by atoms with Gasteiger partial charge in [-0.25, -0.2) is 4.98 Å². The van der Waals surface area contributed by atoms with Crippen LogP contribution in [0.4, 0.5) is 11.6 Å². The van der Waals surface area contributed by atoms with Crippen LogP contribution in [0.1, 0.15) is 16.4 Å². The van der Waals surface area contributed by atoms with Crippen molar-refractivity contribution in [1.29, 1.82) is 0 Å². The predicted octanol–water partition coefficient (Wildman–Crippen LogP) is 0.0296. The van der Waals surface area contributed by atoms with Gasteiger partial charge in [0, 0.05) is 20.3 Å². The Hall–Kier alpha value is -3.24. The maximum absolute atomic E-state index is 12.1. The van der Waals surface area contributed by atoms with Crippen LogP contribution in [0, 0.1) is 10.1 Å². The zero-order valence-electron chi connectivity index (χ0n) is 12.6. The third-order valence-electron chi connectivity index (χ3n) is 3.00. The molecule has 122 valence electrons. The molecule has 0 atom stereocenters. The summed E-state index contributed by atoms with van der Waals surface area (Å²) in [5.74, 6) is -1.07. The highest BCUT2D eigenvalue weighted by atomic mass is 16.6. The highest BCUT2D eigenvalue weighted by molar-refractivity contribution is 6.01. The Balaban J connectivity index is 2.16. The molecule has 0 aliphatic rings. The van der Waals surface area contributed by atoms with Crippen LogP contribution in [0.5, 0.6) is 0 Å². The molecular weight excluding hydrogens is 308 g/mol. The van der Waals surface area contributed by atoms with E-state index in [0.29, 0.717) is 5.82 Å². The first-order valence-electron chi connectivity index (χ1n) is 6.40. The molecule has 0 aliphatic carbocycles. The van der Waals surface area contributed by atoms with Crippen molar-refractivity contribution in [2.45, 2.75) is 6.42 Å². The largest absolute Gasteiger partial charge is 0.469 e. The molecular formula is C12H14N6O5. The van der Waals surface area contributed by atoms with Gasteiger partial charge >= 0.3 is 23.5 Å². The van der Waals surface area contributed by atoms with Crippen molar-refractivity contribution in [2.75, 3.05) is 12.4 Å². The van der Waals surface area contributed by atoms with Crippen molar-refractivity contribution < 1.29 is 19.2 Å². The number of amides is 1. The van der Waals surface area contributed by atoms with Crippen LogP contribution < -0.4 is 5.32 Å². The Bertz CT molecular complexity index is 777. The van der Waals surface area contributed by atoms with Crippen molar-refractivity contribution in [3.8, 4) is 0 Å². The van der Waals surface area contributed by atoms with E-state index in [9.17, 15) is 19.7 Å². The number of hydrogen-bond acceptors (Lipinski definition) is 7. The van der Waals surface area contributed by atoms with Crippen molar-refractivity contribution in [3.63, 3.8) is 0 Å². The lowest BCUT2D eigenvalue weighted by atomic mass is 10.4. The van der Waals surface area contributed by atoms with E-state index < -0.39 is 22.6 Å². The van der Waals surface area contributed by atoms with Gasteiger partial charge in [0.15, 0.2) is 5.82 Å². The highest BCUT2D eigenvalue weighted by Crippen LogP contribution is 2.13. The lowest BCUT2D eigenvalue weighted by molar-refractivity contribution is -0.389. The van der Waals surface area contributed by atoms with Gasteiger partial charge < -0.3 is 29.3 Å². The van der Waals surface area contributed by atoms with Gasteiger partial charge in [0.25, 0.3) is 0 Å². The van der Waals surface area contributed by atoms with Gasteiger partial charge in [0.1, 0.15) is 18.4 Å². The fourth-order valence-corrected chi connectivity index (χ4v) is 1.85. The molecule has 2 heterocycles. The molecule has 0 aliphatic heterocycles. The van der Waals surface area contributed by atoms with E-state index in [-0.39, 0.29) is 18.1 Å². The molecule has 1 N–H and O–H groups in total. The molecule has 0 bridgehead atoms. The minimum Gasteiger partial charge on any atom is -0.469 e. The SMILES string of the molecule is COC(=O)Cc1nc(NC(=O)c2nc([N+](=O)[O-])cn2C)cn1C. The minimum atomic E-state index is -0.688. The Kier molecular flexibility index (Phi) is 4.39. The molecule has 0 spiro atoms. The maximum Gasteiger partial charge on any atom is 0.382 e. The number of aromatic nitrogens is 4. The van der Waals surface area contributed by atoms with E-state index in [1.807, 2.05) is 0 Å². The standard InChI is InChI=1S/C12H14N6O5/c1-16-5-7(13-8(16)4-10(19)23-3)14-12(20)11-15-9(18(21)22)6-17(11)2/h5-6H,4H2,1-3H3,(H,14,20). The molecule has 1 amide bonds. The van der Waals surface area contributed by atoms with E-state index >= 15 is 0 Å². The third kappa shape index (κ3) is 3.51. The molecule has 2 aromatic rings. The van der Waals surface area contributed by atoms with Gasteiger partial charge in [-0.15, -0.1) is 0 Å². The topological polar surface area (TPSA) is 134 Å². The predicted molar refractivity (Wildman–Crippen MR) is 76.7 cm³/mol. The number of nitrogens with zero attached hydrogens (tertiary/aromatic N) is 5. The molecule has 0 unspecified atom stereocenters. The first-order chi connectivity index (χ1) is 10.8. The number of anilines is 1. The summed E-state index contributed by atoms with van der Waals surface area (Å²) in [6, 6.07) is 0. The smallest absolute Gasteiger partial charge is 0.382 e. The number of rotatable bonds is 5. The zero-order valence-corrected chi connectivity index (χ0v) is 12.6. The summed E-state index contributed by atoms with van der Waals surface area (Å²) in [6.45, 7) is 0. The van der Waals surface area contributed by atoms with Gasteiger partial charge in [-0.2, -0.15) is 0 Å². The molecule has 0 fully saturated rings. The van der Waals surface area contributed by atoms with Crippen LogP contribution in [0.3, 0.4) is 0 Å². The summed E-state index contributed by atoms with van der Waals surface area (Å²) in [6.07, 6.45) is 2.60. The van der Waals surface area contributed by atoms with Crippen molar-refractivity contribution in [3.05, 3.63) is 34.2 Å². The summed E-state index contributed by atoms with van der Waals surface area (Å²) in [7, 11) is 4.39. The van der Waals surface area contributed by atoms with E-state index in [4.69, 9.17) is 0 Å². The normalized spacial score (nSPS) is 10.4. The lowest BCUT2D eigenvalue weighted by Gasteiger charge is -1.98. The second-order valence-corrected chi connectivity index (χ2v) is 4.65. The van der Waals surface area contributed by atoms with Crippen LogP contribution in [-0.2, 0) is 30.0 Å². The number of aryl methyl sites for hydroxylation is 2. The van der Waals surface area contributed by atoms with Gasteiger partial charge in [0.2, 0.25) is 0 Å². The molecule has 0 aromatic carbocycles. The average Bonchev–Trinajstić information content (AvgIpc) is 3.02.